The van der Waals surface area contributed by atoms with Crippen molar-refractivity contribution in [3.05, 3.63) is 0 Å². The summed E-state index contributed by atoms with van der Waals surface area (Å²) in [6, 6.07) is -0.0817. The Kier molecular flexibility index (Phi) is 4.20. The molecule has 1 amide bonds. The van der Waals surface area contributed by atoms with Gasteiger partial charge in [0.15, 0.2) is 0 Å². The molecule has 1 rings (SSSR count). The Morgan fingerprint density at radius 3 is 2.53 bits per heavy atom. The number of likely N-dealkylation sites (N-methyl/N-ethyl adjacent to an activating group) is 1. The Labute approximate surface area is 105 Å². The van der Waals surface area contributed by atoms with Gasteiger partial charge >= 0.3 is 0 Å². The average molecular weight is 241 g/mol. The van der Waals surface area contributed by atoms with E-state index in [9.17, 15) is 4.79 Å². The zero-order valence-corrected chi connectivity index (χ0v) is 12.1. The van der Waals surface area contributed by atoms with Crippen molar-refractivity contribution >= 4 is 5.91 Å². The molecular weight excluding hydrogens is 214 g/mol. The average Bonchev–Trinajstić information content (AvgIpc) is 2.28. The van der Waals surface area contributed by atoms with Gasteiger partial charge in [-0.3, -0.25) is 9.69 Å². The van der Waals surface area contributed by atoms with E-state index in [2.05, 4.69) is 50.2 Å². The molecule has 1 aliphatic rings. The molecule has 0 saturated carbocycles. The highest BCUT2D eigenvalue weighted by Gasteiger charge is 2.39. The van der Waals surface area contributed by atoms with Crippen LogP contribution in [0.25, 0.3) is 0 Å². The van der Waals surface area contributed by atoms with Crippen molar-refractivity contribution in [3.8, 4) is 0 Å². The number of rotatable bonds is 2. The molecule has 1 unspecified atom stereocenters. The maximum atomic E-state index is 12.2. The number of amides is 1. The van der Waals surface area contributed by atoms with Crippen LogP contribution in [0.15, 0.2) is 0 Å². The zero-order valence-electron chi connectivity index (χ0n) is 12.1. The van der Waals surface area contributed by atoms with E-state index >= 15 is 0 Å². The van der Waals surface area contributed by atoms with Crippen molar-refractivity contribution in [1.82, 2.24) is 15.5 Å². The molecule has 0 aromatic carbocycles. The fraction of sp³-hybridized carbons (Fsp3) is 0.923. The second-order valence-corrected chi connectivity index (χ2v) is 6.75. The Bertz CT molecular complexity index is 281. The minimum absolute atomic E-state index is 0.000463. The van der Waals surface area contributed by atoms with Crippen LogP contribution < -0.4 is 10.6 Å². The molecule has 1 fully saturated rings. The highest BCUT2D eigenvalue weighted by molar-refractivity contribution is 5.82. The van der Waals surface area contributed by atoms with Crippen molar-refractivity contribution in [3.63, 3.8) is 0 Å². The Hall–Kier alpha value is -0.610. The van der Waals surface area contributed by atoms with Gasteiger partial charge in [-0.1, -0.05) is 13.8 Å². The minimum Gasteiger partial charge on any atom is -0.354 e. The van der Waals surface area contributed by atoms with Gasteiger partial charge in [0, 0.05) is 25.2 Å². The number of nitrogens with zero attached hydrogens (tertiary/aromatic N) is 1. The Balaban J connectivity index is 3.00. The van der Waals surface area contributed by atoms with E-state index in [1.807, 2.05) is 7.05 Å². The third-order valence-electron chi connectivity index (χ3n) is 3.28. The summed E-state index contributed by atoms with van der Waals surface area (Å²) in [6.45, 7) is 13.3. The smallest absolute Gasteiger partial charge is 0.238 e. The van der Waals surface area contributed by atoms with Crippen LogP contribution >= 0.6 is 0 Å². The molecule has 1 atom stereocenters. The van der Waals surface area contributed by atoms with Gasteiger partial charge in [-0.05, 0) is 33.2 Å². The molecule has 0 spiro atoms. The van der Waals surface area contributed by atoms with Gasteiger partial charge in [-0.25, -0.2) is 0 Å². The molecule has 1 saturated heterocycles. The summed E-state index contributed by atoms with van der Waals surface area (Å²) in [5, 5.41) is 6.17. The predicted molar refractivity (Wildman–Crippen MR) is 71.0 cm³/mol. The number of hydrogen-bond acceptors (Lipinski definition) is 3. The van der Waals surface area contributed by atoms with Crippen LogP contribution in [0.2, 0.25) is 0 Å². The van der Waals surface area contributed by atoms with Crippen molar-refractivity contribution in [1.29, 1.82) is 0 Å². The number of hydrogen-bond donors (Lipinski definition) is 2. The van der Waals surface area contributed by atoms with Gasteiger partial charge in [-0.15, -0.1) is 0 Å². The van der Waals surface area contributed by atoms with Crippen LogP contribution in [-0.4, -0.2) is 49.1 Å². The van der Waals surface area contributed by atoms with Gasteiger partial charge in [0.2, 0.25) is 5.91 Å². The lowest BCUT2D eigenvalue weighted by Gasteiger charge is -2.42. The monoisotopic (exact) mass is 241 g/mol. The van der Waals surface area contributed by atoms with Crippen LogP contribution in [0.5, 0.6) is 0 Å². The maximum absolute atomic E-state index is 12.2. The first-order chi connectivity index (χ1) is 7.67. The first-order valence-corrected chi connectivity index (χ1v) is 6.36. The lowest BCUT2D eigenvalue weighted by molar-refractivity contribution is -0.127. The summed E-state index contributed by atoms with van der Waals surface area (Å²) in [4.78, 5) is 14.5. The van der Waals surface area contributed by atoms with E-state index in [1.165, 1.54) is 0 Å². The summed E-state index contributed by atoms with van der Waals surface area (Å²) >= 11 is 0. The largest absolute Gasteiger partial charge is 0.354 e. The van der Waals surface area contributed by atoms with E-state index in [0.29, 0.717) is 6.54 Å². The quantitative estimate of drug-likeness (QED) is 0.753. The van der Waals surface area contributed by atoms with E-state index in [-0.39, 0.29) is 22.9 Å². The van der Waals surface area contributed by atoms with Gasteiger partial charge in [0.05, 0.1) is 0 Å². The van der Waals surface area contributed by atoms with Gasteiger partial charge < -0.3 is 10.6 Å². The van der Waals surface area contributed by atoms with Crippen molar-refractivity contribution < 1.29 is 4.79 Å². The van der Waals surface area contributed by atoms with Crippen LogP contribution in [0.1, 0.15) is 34.6 Å². The summed E-state index contributed by atoms with van der Waals surface area (Å²) in [7, 11) is 1.89. The lowest BCUT2D eigenvalue weighted by atomic mass is 9.90. The van der Waals surface area contributed by atoms with E-state index < -0.39 is 0 Å². The van der Waals surface area contributed by atoms with Gasteiger partial charge in [0.1, 0.15) is 6.04 Å². The molecule has 2 N–H and O–H groups in total. The van der Waals surface area contributed by atoms with E-state index in [1.54, 1.807) is 0 Å². The molecular formula is C13H27N3O. The Morgan fingerprint density at radius 2 is 2.06 bits per heavy atom. The molecule has 100 valence electrons. The third kappa shape index (κ3) is 3.68. The molecule has 0 bridgehead atoms. The molecule has 4 heteroatoms. The van der Waals surface area contributed by atoms with Crippen molar-refractivity contribution in [2.24, 2.45) is 5.41 Å². The second-order valence-electron chi connectivity index (χ2n) is 6.75. The normalized spacial score (nSPS) is 26.5. The van der Waals surface area contributed by atoms with Crippen LogP contribution in [-0.2, 0) is 4.79 Å². The minimum atomic E-state index is -0.0817. The molecule has 0 aromatic rings. The molecule has 1 heterocycles. The predicted octanol–water partition coefficient (Wildman–Crippen LogP) is 0.831. The third-order valence-corrected chi connectivity index (χ3v) is 3.28. The lowest BCUT2D eigenvalue weighted by Crippen LogP contribution is -2.56. The first kappa shape index (κ1) is 14.5. The number of nitrogens with one attached hydrogen (secondary N) is 2. The van der Waals surface area contributed by atoms with Crippen molar-refractivity contribution in [2.75, 3.05) is 26.7 Å². The molecule has 0 radical (unpaired) electrons. The van der Waals surface area contributed by atoms with Gasteiger partial charge in [0.25, 0.3) is 0 Å². The molecule has 0 aromatic heterocycles. The highest BCUT2D eigenvalue weighted by Crippen LogP contribution is 2.26. The number of carbonyl (C=O) groups is 1. The van der Waals surface area contributed by atoms with Crippen LogP contribution in [0.4, 0.5) is 0 Å². The van der Waals surface area contributed by atoms with Crippen LogP contribution in [0, 0.1) is 5.41 Å². The second kappa shape index (κ2) is 4.94. The Morgan fingerprint density at radius 1 is 1.47 bits per heavy atom. The van der Waals surface area contributed by atoms with E-state index in [0.717, 1.165) is 13.1 Å². The van der Waals surface area contributed by atoms with Crippen molar-refractivity contribution in [2.45, 2.75) is 46.2 Å². The van der Waals surface area contributed by atoms with Gasteiger partial charge in [-0.2, -0.15) is 0 Å². The first-order valence-electron chi connectivity index (χ1n) is 6.36. The summed E-state index contributed by atoms with van der Waals surface area (Å²) in [5.41, 5.74) is 0.117. The topological polar surface area (TPSA) is 44.4 Å². The number of carbonyl (C=O) groups excluding carboxylic acids is 1. The summed E-state index contributed by atoms with van der Waals surface area (Å²) < 4.78 is 0. The molecule has 17 heavy (non-hydrogen) atoms. The molecule has 0 aliphatic carbocycles. The van der Waals surface area contributed by atoms with E-state index in [4.69, 9.17) is 0 Å². The standard InChI is InChI=1S/C13H27N3O/c1-12(2,3)16-9-13(4,5)8-15-11(17)10(16)7-14-6/h10,14H,7-9H2,1-6H3,(H,15,17). The molecule has 1 aliphatic heterocycles. The molecule has 4 nitrogen and oxygen atoms in total. The van der Waals surface area contributed by atoms with Crippen LogP contribution in [0.3, 0.4) is 0 Å². The summed E-state index contributed by atoms with van der Waals surface area (Å²) in [6.07, 6.45) is 0. The fourth-order valence-electron chi connectivity index (χ4n) is 2.31. The zero-order chi connectivity index (χ0) is 13.3. The maximum Gasteiger partial charge on any atom is 0.238 e. The highest BCUT2D eigenvalue weighted by atomic mass is 16.2. The fourth-order valence-corrected chi connectivity index (χ4v) is 2.31. The SMILES string of the molecule is CNCC1C(=O)NCC(C)(C)CN1C(C)(C)C. The summed E-state index contributed by atoms with van der Waals surface area (Å²) in [5.74, 6) is 0.139.